The molecule has 2 unspecified atom stereocenters. The van der Waals surface area contributed by atoms with Crippen LogP contribution in [-0.4, -0.2) is 55.8 Å². The molecule has 4 aromatic carbocycles. The fourth-order valence-corrected chi connectivity index (χ4v) is 12.7. The van der Waals surface area contributed by atoms with E-state index in [1.54, 1.807) is 25.1 Å². The molecule has 1 aliphatic carbocycles. The van der Waals surface area contributed by atoms with Gasteiger partial charge in [0.1, 0.15) is 5.82 Å². The Bertz CT molecular complexity index is 2020. The van der Waals surface area contributed by atoms with Crippen molar-refractivity contribution in [3.63, 3.8) is 0 Å². The zero-order valence-electron chi connectivity index (χ0n) is 29.4. The van der Waals surface area contributed by atoms with E-state index in [9.17, 15) is 9.59 Å². The van der Waals surface area contributed by atoms with Gasteiger partial charge in [-0.15, -0.1) is 5.10 Å². The van der Waals surface area contributed by atoms with Crippen LogP contribution in [-0.2, 0) is 14.0 Å². The number of aromatic nitrogens is 2. The molecule has 7 rings (SSSR count). The van der Waals surface area contributed by atoms with Crippen molar-refractivity contribution >= 4 is 58.9 Å². The topological polar surface area (TPSA) is 73.7 Å². The van der Waals surface area contributed by atoms with Crippen LogP contribution in [0.5, 0.6) is 0 Å². The second-order valence-electron chi connectivity index (χ2n) is 14.6. The largest absolute Gasteiger partial charge is 0.466 e. The summed E-state index contributed by atoms with van der Waals surface area (Å²) in [5, 5.41) is 7.26. The number of benzene rings is 4. The maximum Gasteiger partial charge on any atom is 0.311 e. The second kappa shape index (κ2) is 14.0. The highest BCUT2D eigenvalue weighted by molar-refractivity contribution is 6.99. The zero-order chi connectivity index (χ0) is 35.9. The average molecular weight is 724 g/mol. The summed E-state index contributed by atoms with van der Waals surface area (Å²) in [4.78, 5) is 29.9. The van der Waals surface area contributed by atoms with Crippen molar-refractivity contribution in [1.29, 1.82) is 0 Å². The Morgan fingerprint density at radius 1 is 0.902 bits per heavy atom. The van der Waals surface area contributed by atoms with E-state index < -0.39 is 32.1 Å². The van der Waals surface area contributed by atoms with Gasteiger partial charge in [0, 0.05) is 13.1 Å². The minimum absolute atomic E-state index is 0.238. The van der Waals surface area contributed by atoms with Crippen LogP contribution in [0.2, 0.25) is 10.1 Å². The predicted octanol–water partition coefficient (Wildman–Crippen LogP) is 7.73. The van der Waals surface area contributed by atoms with Crippen molar-refractivity contribution in [2.24, 2.45) is 5.92 Å². The molecule has 10 heteroatoms. The Kier molecular flexibility index (Phi) is 9.65. The number of fused-ring (bicyclic) bond motifs is 1. The number of ether oxygens (including phenoxy) is 1. The summed E-state index contributed by atoms with van der Waals surface area (Å²) in [7, 11) is -3.12. The van der Waals surface area contributed by atoms with Crippen LogP contribution in [0.25, 0.3) is 10.9 Å². The van der Waals surface area contributed by atoms with Crippen molar-refractivity contribution in [3.05, 3.63) is 119 Å². The third-order valence-corrected chi connectivity index (χ3v) is 15.7. The quantitative estimate of drug-likeness (QED) is 0.115. The molecule has 2 atom stereocenters. The molecule has 0 N–H and O–H groups in total. The molecule has 0 bridgehead atoms. The molecule has 5 aromatic rings. The molecular formula is C41H43ClFN3O4Si. The summed E-state index contributed by atoms with van der Waals surface area (Å²) >= 11 is 6.67. The van der Waals surface area contributed by atoms with Crippen LogP contribution in [0.4, 0.5) is 10.2 Å². The molecule has 7 nitrogen and oxygen atoms in total. The number of carbonyl (C=O) groups excluding carboxylic acids is 2. The van der Waals surface area contributed by atoms with E-state index in [1.165, 1.54) is 10.7 Å². The molecule has 0 radical (unpaired) electrons. The van der Waals surface area contributed by atoms with Crippen LogP contribution < -0.4 is 15.3 Å². The number of carbonyl (C=O) groups is 2. The lowest BCUT2D eigenvalue weighted by atomic mass is 9.94. The molecule has 0 spiro atoms. The van der Waals surface area contributed by atoms with Crippen LogP contribution in [0.3, 0.4) is 0 Å². The van der Waals surface area contributed by atoms with E-state index in [0.29, 0.717) is 34.9 Å². The molecule has 1 aliphatic heterocycles. The fourth-order valence-electron chi connectivity index (χ4n) is 7.76. The summed E-state index contributed by atoms with van der Waals surface area (Å²) in [6.45, 7) is 9.26. The third kappa shape index (κ3) is 6.40. The maximum absolute atomic E-state index is 15.9. The summed E-state index contributed by atoms with van der Waals surface area (Å²) in [5.74, 6) is -1.17. The van der Waals surface area contributed by atoms with E-state index in [-0.39, 0.29) is 35.5 Å². The van der Waals surface area contributed by atoms with Crippen molar-refractivity contribution in [1.82, 2.24) is 9.78 Å². The van der Waals surface area contributed by atoms with Gasteiger partial charge in [0.05, 0.1) is 40.1 Å². The number of hydrogen-bond acceptors (Lipinski definition) is 6. The number of anilines is 1. The Balaban J connectivity index is 1.34. The molecule has 1 saturated carbocycles. The van der Waals surface area contributed by atoms with Gasteiger partial charge in [-0.05, 0) is 71.3 Å². The van der Waals surface area contributed by atoms with E-state index in [1.807, 2.05) is 53.4 Å². The van der Waals surface area contributed by atoms with Crippen molar-refractivity contribution < 1.29 is 23.1 Å². The third-order valence-electron chi connectivity index (χ3n) is 10.3. The smallest absolute Gasteiger partial charge is 0.311 e. The van der Waals surface area contributed by atoms with Crippen LogP contribution in [0.15, 0.2) is 97.1 Å². The second-order valence-corrected chi connectivity index (χ2v) is 19.2. The molecule has 264 valence electrons. The van der Waals surface area contributed by atoms with Crippen LogP contribution >= 0.6 is 11.6 Å². The van der Waals surface area contributed by atoms with E-state index in [0.717, 1.165) is 28.8 Å². The number of hydrogen-bond donors (Lipinski definition) is 0. The summed E-state index contributed by atoms with van der Waals surface area (Å²) in [5.41, 5.74) is 1.65. The zero-order valence-corrected chi connectivity index (χ0v) is 31.2. The Morgan fingerprint density at radius 3 is 2.16 bits per heavy atom. The van der Waals surface area contributed by atoms with E-state index in [2.05, 4.69) is 45.0 Å². The van der Waals surface area contributed by atoms with Gasteiger partial charge in [-0.2, -0.15) is 4.68 Å². The van der Waals surface area contributed by atoms with Gasteiger partial charge in [-0.3, -0.25) is 9.59 Å². The van der Waals surface area contributed by atoms with Gasteiger partial charge >= 0.3 is 5.97 Å². The van der Waals surface area contributed by atoms with Crippen LogP contribution in [0.1, 0.15) is 68.8 Å². The highest BCUT2D eigenvalue weighted by Crippen LogP contribution is 2.44. The van der Waals surface area contributed by atoms with E-state index in [4.69, 9.17) is 25.9 Å². The number of nitrogens with zero attached hydrogens (tertiary/aromatic N) is 3. The number of halogens is 2. The minimum atomic E-state index is -3.12. The van der Waals surface area contributed by atoms with Gasteiger partial charge in [0.2, 0.25) is 0 Å². The monoisotopic (exact) mass is 723 g/mol. The lowest BCUT2D eigenvalue weighted by molar-refractivity contribution is -0.152. The molecule has 51 heavy (non-hydrogen) atoms. The fraction of sp³-hybridized carbons (Fsp3) is 0.341. The SMILES string of the molecule is CCOC(=O)C1CCN(c2nn(C(=O)c3c(Cl)cccc3C3CC3)c3cccc(F)c23)CC1O[Si](c1ccccc1)(c1ccccc1)C(C)(C)C. The molecule has 1 saturated heterocycles. The van der Waals surface area contributed by atoms with Gasteiger partial charge in [-0.25, -0.2) is 4.39 Å². The number of piperidine rings is 1. The number of rotatable bonds is 9. The first-order valence-corrected chi connectivity index (χ1v) is 20.0. The normalized spacial score (nSPS) is 18.2. The van der Waals surface area contributed by atoms with Gasteiger partial charge in [-0.1, -0.05) is 111 Å². The van der Waals surface area contributed by atoms with Crippen molar-refractivity contribution in [2.75, 3.05) is 24.6 Å². The standard InChI is InChI=1S/C41H43ClFN3O4Si/c1-5-49-40(48)31-24-25-45(26-35(31)50-51(41(2,3)4,28-14-8-6-9-15-28)29-16-10-7-11-17-29)38-37-33(43)20-13-21-34(37)46(44-38)39(47)36-30(27-22-23-27)18-12-19-32(36)42/h6-21,27,31,35H,5,22-26H2,1-4H3. The molecule has 2 aliphatic rings. The maximum atomic E-state index is 15.9. The Morgan fingerprint density at radius 2 is 1.55 bits per heavy atom. The van der Waals surface area contributed by atoms with Crippen molar-refractivity contribution in [2.45, 2.75) is 64.0 Å². The molecule has 0 amide bonds. The lowest BCUT2D eigenvalue weighted by Crippen LogP contribution is -2.69. The Hall–Kier alpha value is -4.31. The summed E-state index contributed by atoms with van der Waals surface area (Å²) in [6, 6.07) is 30.7. The predicted molar refractivity (Wildman–Crippen MR) is 202 cm³/mol. The van der Waals surface area contributed by atoms with Crippen LogP contribution in [0, 0.1) is 11.7 Å². The van der Waals surface area contributed by atoms with Gasteiger partial charge in [0.15, 0.2) is 5.82 Å². The first kappa shape index (κ1) is 35.1. The molecule has 2 fully saturated rings. The molecule has 1 aromatic heterocycles. The highest BCUT2D eigenvalue weighted by Gasteiger charge is 2.53. The highest BCUT2D eigenvalue weighted by atomic mass is 35.5. The van der Waals surface area contributed by atoms with Crippen molar-refractivity contribution in [3.8, 4) is 0 Å². The van der Waals surface area contributed by atoms with Gasteiger partial charge < -0.3 is 14.1 Å². The summed E-state index contributed by atoms with van der Waals surface area (Å²) < 4.78 is 30.4. The van der Waals surface area contributed by atoms with Gasteiger partial charge in [0.25, 0.3) is 14.2 Å². The summed E-state index contributed by atoms with van der Waals surface area (Å²) in [6.07, 6.45) is 1.75. The first-order valence-electron chi connectivity index (χ1n) is 17.8. The number of esters is 1. The first-order chi connectivity index (χ1) is 24.5. The lowest BCUT2D eigenvalue weighted by Gasteiger charge is -2.48. The average Bonchev–Trinajstić information content (AvgIpc) is 3.90. The Labute approximate surface area is 304 Å². The minimum Gasteiger partial charge on any atom is -0.466 e. The molecular weight excluding hydrogens is 681 g/mol. The molecule has 2 heterocycles. The van der Waals surface area contributed by atoms with E-state index >= 15 is 4.39 Å².